The first kappa shape index (κ1) is 8.97. The number of hydrogen-bond acceptors (Lipinski definition) is 3. The Hall–Kier alpha value is -1.60. The number of nitrogens with two attached hydrogens (primary N) is 1. The van der Waals surface area contributed by atoms with Gasteiger partial charge in [-0.25, -0.2) is 4.39 Å². The van der Waals surface area contributed by atoms with Gasteiger partial charge >= 0.3 is 0 Å². The number of thiophene rings is 1. The Morgan fingerprint density at radius 2 is 2.29 bits per heavy atom. The van der Waals surface area contributed by atoms with Crippen molar-refractivity contribution in [1.29, 1.82) is 5.26 Å². The van der Waals surface area contributed by atoms with Crippen LogP contribution in [0.3, 0.4) is 0 Å². The van der Waals surface area contributed by atoms with Gasteiger partial charge in [0.05, 0.1) is 12.5 Å². The summed E-state index contributed by atoms with van der Waals surface area (Å²) in [6, 6.07) is 7.32. The van der Waals surface area contributed by atoms with Crippen molar-refractivity contribution in [2.75, 3.05) is 5.73 Å². The van der Waals surface area contributed by atoms with Crippen LogP contribution >= 0.6 is 11.3 Å². The normalized spacial score (nSPS) is 10.3. The molecule has 0 aliphatic heterocycles. The molecule has 14 heavy (non-hydrogen) atoms. The number of nitrogens with zero attached hydrogens (tertiary/aromatic N) is 1. The summed E-state index contributed by atoms with van der Waals surface area (Å²) in [5, 5.41) is 9.22. The third-order valence-corrected chi connectivity index (χ3v) is 2.97. The summed E-state index contributed by atoms with van der Waals surface area (Å²) in [6.07, 6.45) is 0.297. The molecular formula is C10H7FN2S. The minimum atomic E-state index is -0.371. The molecule has 0 spiro atoms. The number of fused-ring (bicyclic) bond motifs is 1. The van der Waals surface area contributed by atoms with Gasteiger partial charge in [-0.3, -0.25) is 0 Å². The summed E-state index contributed by atoms with van der Waals surface area (Å²) < 4.78 is 14.2. The molecule has 2 rings (SSSR count). The lowest BCUT2D eigenvalue weighted by molar-refractivity contribution is 0.648. The molecule has 4 heteroatoms. The molecular weight excluding hydrogens is 199 g/mol. The smallest absolute Gasteiger partial charge is 0.165 e. The van der Waals surface area contributed by atoms with Crippen LogP contribution in [-0.2, 0) is 6.42 Å². The number of hydrogen-bond donors (Lipinski definition) is 1. The van der Waals surface area contributed by atoms with Crippen molar-refractivity contribution in [2.45, 2.75) is 6.42 Å². The van der Waals surface area contributed by atoms with Gasteiger partial charge in [-0.05, 0) is 17.7 Å². The van der Waals surface area contributed by atoms with Crippen molar-refractivity contribution in [2.24, 2.45) is 0 Å². The van der Waals surface area contributed by atoms with Crippen LogP contribution in [0.25, 0.3) is 10.1 Å². The second-order valence-corrected chi connectivity index (χ2v) is 4.03. The summed E-state index contributed by atoms with van der Waals surface area (Å²) in [7, 11) is 0. The van der Waals surface area contributed by atoms with E-state index in [-0.39, 0.29) is 10.8 Å². The summed E-state index contributed by atoms with van der Waals surface area (Å²) in [4.78, 5) is 0. The third kappa shape index (κ3) is 1.32. The number of halogens is 1. The molecule has 1 heterocycles. The summed E-state index contributed by atoms with van der Waals surface area (Å²) >= 11 is 1.23. The van der Waals surface area contributed by atoms with Gasteiger partial charge in [0, 0.05) is 10.1 Å². The second-order valence-electron chi connectivity index (χ2n) is 2.95. The van der Waals surface area contributed by atoms with Crippen LogP contribution in [0, 0.1) is 17.1 Å². The van der Waals surface area contributed by atoms with Crippen LogP contribution in [0.1, 0.15) is 5.56 Å². The lowest BCUT2D eigenvalue weighted by Crippen LogP contribution is -1.83. The van der Waals surface area contributed by atoms with Crippen LogP contribution in [0.5, 0.6) is 0 Å². The molecule has 2 aromatic rings. The van der Waals surface area contributed by atoms with E-state index in [2.05, 4.69) is 0 Å². The van der Waals surface area contributed by atoms with Crippen LogP contribution < -0.4 is 5.73 Å². The van der Waals surface area contributed by atoms with E-state index in [0.29, 0.717) is 11.8 Å². The third-order valence-electron chi connectivity index (χ3n) is 2.00. The van der Waals surface area contributed by atoms with Gasteiger partial charge in [-0.1, -0.05) is 6.07 Å². The number of nitrogen functional groups attached to an aromatic ring is 1. The average Bonchev–Trinajstić information content (AvgIpc) is 2.45. The van der Waals surface area contributed by atoms with E-state index in [1.807, 2.05) is 12.1 Å². The average molecular weight is 206 g/mol. The van der Waals surface area contributed by atoms with Crippen molar-refractivity contribution in [1.82, 2.24) is 0 Å². The minimum Gasteiger partial charge on any atom is -0.388 e. The summed E-state index contributed by atoms with van der Waals surface area (Å²) in [5.74, 6) is -0.371. The van der Waals surface area contributed by atoms with Gasteiger partial charge in [-0.2, -0.15) is 5.26 Å². The molecule has 0 radical (unpaired) electrons. The van der Waals surface area contributed by atoms with Crippen LogP contribution in [0.15, 0.2) is 18.2 Å². The molecule has 2 nitrogen and oxygen atoms in total. The van der Waals surface area contributed by atoms with Crippen molar-refractivity contribution >= 4 is 26.4 Å². The highest BCUT2D eigenvalue weighted by Gasteiger charge is 2.09. The first-order chi connectivity index (χ1) is 6.72. The Labute approximate surface area is 84.4 Å². The lowest BCUT2D eigenvalue weighted by Gasteiger charge is -1.94. The van der Waals surface area contributed by atoms with E-state index in [1.165, 1.54) is 11.3 Å². The van der Waals surface area contributed by atoms with Gasteiger partial charge in [0.15, 0.2) is 5.82 Å². The number of nitriles is 1. The van der Waals surface area contributed by atoms with Gasteiger partial charge in [-0.15, -0.1) is 11.3 Å². The number of anilines is 1. The molecule has 0 saturated heterocycles. The van der Waals surface area contributed by atoms with E-state index < -0.39 is 0 Å². The molecule has 70 valence electrons. The molecule has 0 aliphatic rings. The van der Waals surface area contributed by atoms with E-state index in [1.54, 1.807) is 12.1 Å². The van der Waals surface area contributed by atoms with Gasteiger partial charge in [0.25, 0.3) is 0 Å². The molecule has 1 aromatic heterocycles. The maximum Gasteiger partial charge on any atom is 0.165 e. The fraction of sp³-hybridized carbons (Fsp3) is 0.100. The maximum absolute atomic E-state index is 13.4. The van der Waals surface area contributed by atoms with E-state index in [4.69, 9.17) is 11.0 Å². The molecule has 0 atom stereocenters. The van der Waals surface area contributed by atoms with Gasteiger partial charge in [0.1, 0.15) is 5.00 Å². The molecule has 2 N–H and O–H groups in total. The fourth-order valence-electron chi connectivity index (χ4n) is 1.33. The van der Waals surface area contributed by atoms with Crippen molar-refractivity contribution in [3.63, 3.8) is 0 Å². The van der Waals surface area contributed by atoms with Gasteiger partial charge in [0.2, 0.25) is 0 Å². The molecule has 0 amide bonds. The molecule has 0 aliphatic carbocycles. The molecule has 1 aromatic carbocycles. The largest absolute Gasteiger partial charge is 0.388 e. The highest BCUT2D eigenvalue weighted by molar-refractivity contribution is 7.22. The Balaban J connectivity index is 2.65. The highest BCUT2D eigenvalue weighted by Crippen LogP contribution is 2.32. The molecule has 0 unspecified atom stereocenters. The van der Waals surface area contributed by atoms with Crippen LogP contribution in [0.2, 0.25) is 0 Å². The van der Waals surface area contributed by atoms with E-state index in [0.717, 1.165) is 10.3 Å². The van der Waals surface area contributed by atoms with Gasteiger partial charge < -0.3 is 5.73 Å². The number of benzene rings is 1. The number of rotatable bonds is 1. The maximum atomic E-state index is 13.4. The zero-order chi connectivity index (χ0) is 10.1. The Bertz CT molecular complexity index is 525. The van der Waals surface area contributed by atoms with Crippen molar-refractivity contribution in [3.05, 3.63) is 29.6 Å². The zero-order valence-corrected chi connectivity index (χ0v) is 8.07. The molecule has 0 fully saturated rings. The predicted octanol–water partition coefficient (Wildman–Crippen LogP) is 2.69. The minimum absolute atomic E-state index is 0.203. The predicted molar refractivity (Wildman–Crippen MR) is 55.5 cm³/mol. The Morgan fingerprint density at radius 3 is 3.00 bits per heavy atom. The first-order valence-electron chi connectivity index (χ1n) is 4.05. The van der Waals surface area contributed by atoms with Crippen LogP contribution in [-0.4, -0.2) is 0 Å². The van der Waals surface area contributed by atoms with Crippen LogP contribution in [0.4, 0.5) is 9.39 Å². The van der Waals surface area contributed by atoms with Crippen molar-refractivity contribution in [3.8, 4) is 6.07 Å². The van der Waals surface area contributed by atoms with E-state index >= 15 is 0 Å². The SMILES string of the molecule is N#CCc1ccc2sc(N)c(F)c2c1. The molecule has 0 saturated carbocycles. The summed E-state index contributed by atoms with van der Waals surface area (Å²) in [5.41, 5.74) is 6.27. The standard InChI is InChI=1S/C10H7FN2S/c11-9-7-5-6(3-4-12)1-2-8(7)14-10(9)13/h1-2,5H,3,13H2. The second kappa shape index (κ2) is 3.28. The van der Waals surface area contributed by atoms with Crippen molar-refractivity contribution < 1.29 is 4.39 Å². The van der Waals surface area contributed by atoms with E-state index in [9.17, 15) is 4.39 Å². The Kier molecular flexibility index (Phi) is 2.10. The summed E-state index contributed by atoms with van der Waals surface area (Å²) in [6.45, 7) is 0. The first-order valence-corrected chi connectivity index (χ1v) is 4.87. The zero-order valence-electron chi connectivity index (χ0n) is 7.25. The Morgan fingerprint density at radius 1 is 1.50 bits per heavy atom. The quantitative estimate of drug-likeness (QED) is 0.779. The topological polar surface area (TPSA) is 49.8 Å². The fourth-order valence-corrected chi connectivity index (χ4v) is 2.17. The monoisotopic (exact) mass is 206 g/mol. The highest BCUT2D eigenvalue weighted by atomic mass is 32.1. The lowest BCUT2D eigenvalue weighted by atomic mass is 10.1. The molecule has 0 bridgehead atoms.